The fourth-order valence-corrected chi connectivity index (χ4v) is 0.270. The van der Waals surface area contributed by atoms with Crippen molar-refractivity contribution < 1.29 is 22.7 Å². The third-order valence-corrected chi connectivity index (χ3v) is 0.500. The molecule has 0 rings (SSSR count). The van der Waals surface area contributed by atoms with Gasteiger partial charge in [0.05, 0.1) is 0 Å². The van der Waals surface area contributed by atoms with Crippen molar-refractivity contribution in [1.82, 2.24) is 0 Å². The summed E-state index contributed by atoms with van der Waals surface area (Å²) in [5.74, 6) is -0.590. The van der Waals surface area contributed by atoms with Crippen LogP contribution in [0, 0.1) is 0 Å². The predicted molar refractivity (Wildman–Crippen MR) is 32.1 cm³/mol. The van der Waals surface area contributed by atoms with E-state index in [-0.39, 0.29) is 5.48 Å². The molecule has 0 spiro atoms. The molecule has 9 heteroatoms. The van der Waals surface area contributed by atoms with E-state index in [0.717, 1.165) is 0 Å². The number of guanidine groups is 1. The lowest BCUT2D eigenvalue weighted by Crippen LogP contribution is -2.23. The van der Waals surface area contributed by atoms with E-state index in [9.17, 15) is 8.42 Å². The summed E-state index contributed by atoms with van der Waals surface area (Å²) in [6.45, 7) is 0. The van der Waals surface area contributed by atoms with Gasteiger partial charge in [0.1, 0.15) is 0 Å². The van der Waals surface area contributed by atoms with Gasteiger partial charge in [-0.25, -0.2) is 4.28 Å². The fourth-order valence-electron chi connectivity index (χ4n) is 0.0901. The van der Waals surface area contributed by atoms with Crippen molar-refractivity contribution in [2.45, 2.75) is 0 Å². The van der Waals surface area contributed by atoms with Crippen LogP contribution in [0.3, 0.4) is 0 Å². The van der Waals surface area contributed by atoms with Crippen LogP contribution in [0.1, 0.15) is 0 Å². The summed E-state index contributed by atoms with van der Waals surface area (Å²) in [4.78, 5) is 0. The summed E-state index contributed by atoms with van der Waals surface area (Å²) >= 11 is 0. The summed E-state index contributed by atoms with van der Waals surface area (Å²) < 4.78 is 30.5. The molecule has 0 aromatic carbocycles. The van der Waals surface area contributed by atoms with Crippen LogP contribution in [-0.4, -0.2) is 24.4 Å². The molecule has 7 N–H and O–H groups in total. The lowest BCUT2D eigenvalue weighted by molar-refractivity contribution is 0.281. The first-order valence-corrected chi connectivity index (χ1v) is 3.03. The van der Waals surface area contributed by atoms with Crippen LogP contribution in [0.2, 0.25) is 0 Å². The summed E-state index contributed by atoms with van der Waals surface area (Å²) in [6.07, 6.45) is 0. The summed E-state index contributed by atoms with van der Waals surface area (Å²) in [5, 5.41) is 2.53. The standard InChI is InChI=1S/CH5N3O4S.H2O/c2-1(3)4-8-9(5,6)7;/h(H4,2,3,4)(H,5,6,7);1H2. The van der Waals surface area contributed by atoms with E-state index in [2.05, 4.69) is 20.9 Å². The van der Waals surface area contributed by atoms with E-state index in [1.165, 1.54) is 0 Å². The van der Waals surface area contributed by atoms with Crippen LogP contribution in [0.4, 0.5) is 0 Å². The number of hydrogen-bond acceptors (Lipinski definition) is 4. The van der Waals surface area contributed by atoms with Gasteiger partial charge in [-0.3, -0.25) is 4.55 Å². The molecule has 0 saturated carbocycles. The Morgan fingerprint density at radius 2 is 1.90 bits per heavy atom. The van der Waals surface area contributed by atoms with Crippen LogP contribution in [0.15, 0.2) is 5.16 Å². The van der Waals surface area contributed by atoms with Crippen LogP contribution >= 0.6 is 0 Å². The molecule has 0 fully saturated rings. The van der Waals surface area contributed by atoms with Crippen molar-refractivity contribution in [3.63, 3.8) is 0 Å². The minimum Gasteiger partial charge on any atom is -0.412 e. The minimum absolute atomic E-state index is 0. The second-order valence-electron chi connectivity index (χ2n) is 1.02. The van der Waals surface area contributed by atoms with Crippen LogP contribution in [0.25, 0.3) is 0 Å². The second kappa shape index (κ2) is 3.87. The highest BCUT2D eigenvalue weighted by molar-refractivity contribution is 7.80. The Kier molecular flexibility index (Phi) is 4.53. The third-order valence-electron chi connectivity index (χ3n) is 0.237. The van der Waals surface area contributed by atoms with Gasteiger partial charge in [0.25, 0.3) is 0 Å². The Hall–Kier alpha value is -1.06. The van der Waals surface area contributed by atoms with Crippen molar-refractivity contribution in [2.24, 2.45) is 16.6 Å². The molecule has 0 unspecified atom stereocenters. The van der Waals surface area contributed by atoms with Gasteiger partial charge in [-0.2, -0.15) is 8.42 Å². The maximum atomic E-state index is 9.65. The van der Waals surface area contributed by atoms with Gasteiger partial charge in [0, 0.05) is 0 Å². The average molecular weight is 173 g/mol. The van der Waals surface area contributed by atoms with E-state index >= 15 is 0 Å². The number of nitrogens with two attached hydrogens (primary N) is 2. The zero-order valence-electron chi connectivity index (χ0n) is 4.68. The Bertz CT molecular complexity index is 201. The highest BCUT2D eigenvalue weighted by Crippen LogP contribution is 1.83. The number of nitrogens with zero attached hydrogens (tertiary/aromatic N) is 1. The Balaban J connectivity index is 0. The van der Waals surface area contributed by atoms with Gasteiger partial charge in [-0.05, 0) is 5.16 Å². The molecule has 8 nitrogen and oxygen atoms in total. The van der Waals surface area contributed by atoms with Crippen molar-refractivity contribution in [3.05, 3.63) is 0 Å². The van der Waals surface area contributed by atoms with Crippen molar-refractivity contribution in [3.8, 4) is 0 Å². The van der Waals surface area contributed by atoms with E-state index < -0.39 is 16.4 Å². The molecule has 0 amide bonds. The molecule has 0 aromatic heterocycles. The predicted octanol–water partition coefficient (Wildman–Crippen LogP) is -2.83. The van der Waals surface area contributed by atoms with Crippen LogP contribution < -0.4 is 11.5 Å². The Morgan fingerprint density at radius 3 is 2.00 bits per heavy atom. The molecule has 0 aromatic rings. The highest BCUT2D eigenvalue weighted by Gasteiger charge is 2.01. The molecule has 10 heavy (non-hydrogen) atoms. The first-order chi connectivity index (χ1) is 3.92. The monoisotopic (exact) mass is 173 g/mol. The van der Waals surface area contributed by atoms with Gasteiger partial charge < -0.3 is 16.9 Å². The lowest BCUT2D eigenvalue weighted by atomic mass is 11.1. The summed E-state index contributed by atoms with van der Waals surface area (Å²) in [5.41, 5.74) is 9.25. The van der Waals surface area contributed by atoms with Gasteiger partial charge in [0.15, 0.2) is 0 Å². The fraction of sp³-hybridized carbons (Fsp3) is 0. The molecule has 62 valence electrons. The molecule has 0 aliphatic rings. The molecular weight excluding hydrogens is 166 g/mol. The smallest absolute Gasteiger partial charge is 0.412 e. The topological polar surface area (TPSA) is 160 Å². The first-order valence-electron chi connectivity index (χ1n) is 1.67. The van der Waals surface area contributed by atoms with Gasteiger partial charge in [-0.1, -0.05) is 0 Å². The van der Waals surface area contributed by atoms with Crippen molar-refractivity contribution in [2.75, 3.05) is 0 Å². The van der Waals surface area contributed by atoms with Gasteiger partial charge in [0.2, 0.25) is 5.96 Å². The van der Waals surface area contributed by atoms with E-state index in [1.807, 2.05) is 0 Å². The van der Waals surface area contributed by atoms with Gasteiger partial charge in [-0.15, -0.1) is 0 Å². The normalized spacial score (nSPS) is 9.30. The maximum Gasteiger partial charge on any atom is 0.466 e. The largest absolute Gasteiger partial charge is 0.466 e. The van der Waals surface area contributed by atoms with E-state index in [1.54, 1.807) is 0 Å². The molecule has 0 bridgehead atoms. The van der Waals surface area contributed by atoms with Crippen LogP contribution in [0.5, 0.6) is 0 Å². The van der Waals surface area contributed by atoms with Crippen molar-refractivity contribution in [1.29, 1.82) is 0 Å². The maximum absolute atomic E-state index is 9.65. The van der Waals surface area contributed by atoms with Crippen LogP contribution in [-0.2, 0) is 14.7 Å². The number of hydrogen-bond donors (Lipinski definition) is 3. The zero-order valence-corrected chi connectivity index (χ0v) is 5.50. The van der Waals surface area contributed by atoms with E-state index in [4.69, 9.17) is 4.55 Å². The molecule has 0 radical (unpaired) electrons. The SMILES string of the molecule is NC(N)=NOS(=O)(=O)O.O. The van der Waals surface area contributed by atoms with Crippen molar-refractivity contribution >= 4 is 16.4 Å². The average Bonchev–Trinajstić information content (AvgIpc) is 1.59. The lowest BCUT2D eigenvalue weighted by Gasteiger charge is -1.89. The Morgan fingerprint density at radius 1 is 1.50 bits per heavy atom. The first kappa shape index (κ1) is 11.7. The molecule has 0 saturated heterocycles. The number of oxime groups is 1. The molecule has 0 aliphatic heterocycles. The van der Waals surface area contributed by atoms with E-state index in [0.29, 0.717) is 0 Å². The quantitative estimate of drug-likeness (QED) is 0.176. The van der Waals surface area contributed by atoms with Gasteiger partial charge >= 0.3 is 10.4 Å². The molecule has 0 heterocycles. The molecule has 0 atom stereocenters. The zero-order chi connectivity index (χ0) is 7.49. The Labute approximate surface area is 56.7 Å². The summed E-state index contributed by atoms with van der Waals surface area (Å²) in [7, 11) is -4.57. The molecular formula is CH7N3O5S. The minimum atomic E-state index is -4.57. The highest BCUT2D eigenvalue weighted by atomic mass is 32.3. The third kappa shape index (κ3) is 10.0. The molecule has 0 aliphatic carbocycles. The number of rotatable bonds is 2. The summed E-state index contributed by atoms with van der Waals surface area (Å²) in [6, 6.07) is 0. The second-order valence-corrected chi connectivity index (χ2v) is 2.02.